The number of rotatable bonds is 7. The second-order valence-corrected chi connectivity index (χ2v) is 7.35. The largest absolute Gasteiger partial charge is 0.421 e. The summed E-state index contributed by atoms with van der Waals surface area (Å²) >= 11 is 6.11. The lowest BCUT2D eigenvalue weighted by Gasteiger charge is -2.26. The Balaban J connectivity index is 1.65. The van der Waals surface area contributed by atoms with Crippen molar-refractivity contribution in [1.82, 2.24) is 14.9 Å². The van der Waals surface area contributed by atoms with Gasteiger partial charge in [-0.05, 0) is 32.1 Å². The zero-order chi connectivity index (χ0) is 20.9. The molecule has 1 aliphatic carbocycles. The van der Waals surface area contributed by atoms with E-state index in [1.807, 2.05) is 12.2 Å². The number of allylic oxidation sites excluding steroid dienone is 3. The van der Waals surface area contributed by atoms with Crippen LogP contribution in [0.25, 0.3) is 0 Å². The minimum absolute atomic E-state index is 0.0337. The minimum atomic E-state index is -4.58. The Morgan fingerprint density at radius 3 is 2.72 bits per heavy atom. The first-order valence-electron chi connectivity index (χ1n) is 9.63. The number of halogens is 4. The highest BCUT2D eigenvalue weighted by Gasteiger charge is 2.35. The maximum atomic E-state index is 13.3. The molecule has 0 aromatic carbocycles. The number of carbonyl (C=O) groups excluding carboxylic acids is 1. The number of hydrogen-bond acceptors (Lipinski definition) is 5. The SMILES string of the molecule is O=C1CCCCN1CCCNc1nc(NC2=CCCC=C2Cl)ncc1C(F)(F)F. The Kier molecular flexibility index (Phi) is 7.00. The molecule has 0 bridgehead atoms. The number of anilines is 2. The van der Waals surface area contributed by atoms with E-state index in [1.54, 1.807) is 4.90 Å². The third-order valence-electron chi connectivity index (χ3n) is 4.76. The van der Waals surface area contributed by atoms with Crippen molar-refractivity contribution >= 4 is 29.3 Å². The van der Waals surface area contributed by atoms with E-state index in [0.29, 0.717) is 36.7 Å². The Bertz CT molecular complexity index is 810. The number of likely N-dealkylation sites (tertiary alicyclic amines) is 1. The number of aromatic nitrogens is 2. The van der Waals surface area contributed by atoms with E-state index in [9.17, 15) is 18.0 Å². The molecule has 3 rings (SSSR count). The standard InChI is InChI=1S/C19H23ClF3N5O/c20-14-6-1-2-7-15(14)26-18-25-12-13(19(21,22)23)17(27-18)24-9-5-11-28-10-4-3-8-16(28)29/h6-7,12H,1-5,8-11H2,(H2,24,25,26,27). The topological polar surface area (TPSA) is 70.2 Å². The van der Waals surface area contributed by atoms with Gasteiger partial charge in [0, 0.05) is 32.3 Å². The van der Waals surface area contributed by atoms with Crippen LogP contribution in [0.15, 0.2) is 29.1 Å². The number of nitrogens with one attached hydrogen (secondary N) is 2. The molecule has 29 heavy (non-hydrogen) atoms. The minimum Gasteiger partial charge on any atom is -0.369 e. The molecule has 0 unspecified atom stereocenters. The zero-order valence-corrected chi connectivity index (χ0v) is 16.6. The van der Waals surface area contributed by atoms with E-state index in [4.69, 9.17) is 11.6 Å². The molecule has 0 atom stereocenters. The first-order valence-corrected chi connectivity index (χ1v) is 10.0. The number of piperidine rings is 1. The van der Waals surface area contributed by atoms with Crippen molar-refractivity contribution < 1.29 is 18.0 Å². The highest BCUT2D eigenvalue weighted by molar-refractivity contribution is 6.32. The number of hydrogen-bond donors (Lipinski definition) is 2. The van der Waals surface area contributed by atoms with Gasteiger partial charge >= 0.3 is 6.18 Å². The van der Waals surface area contributed by atoms with E-state index in [0.717, 1.165) is 31.9 Å². The van der Waals surface area contributed by atoms with E-state index < -0.39 is 11.7 Å². The predicted octanol–water partition coefficient (Wildman–Crippen LogP) is 4.52. The summed E-state index contributed by atoms with van der Waals surface area (Å²) in [5, 5.41) is 6.11. The molecular formula is C19H23ClF3N5O. The van der Waals surface area contributed by atoms with Crippen molar-refractivity contribution in [3.8, 4) is 0 Å². The lowest BCUT2D eigenvalue weighted by molar-refractivity contribution is -0.137. The van der Waals surface area contributed by atoms with Gasteiger partial charge in [-0.1, -0.05) is 23.8 Å². The molecule has 158 valence electrons. The Morgan fingerprint density at radius 1 is 1.21 bits per heavy atom. The number of carbonyl (C=O) groups is 1. The molecule has 0 saturated carbocycles. The summed E-state index contributed by atoms with van der Waals surface area (Å²) in [5.41, 5.74) is -0.358. The molecule has 1 fully saturated rings. The maximum Gasteiger partial charge on any atom is 0.421 e. The fourth-order valence-electron chi connectivity index (χ4n) is 3.24. The van der Waals surface area contributed by atoms with Crippen LogP contribution in [0.3, 0.4) is 0 Å². The van der Waals surface area contributed by atoms with Gasteiger partial charge in [0.25, 0.3) is 0 Å². The van der Waals surface area contributed by atoms with Crippen LogP contribution in [-0.4, -0.2) is 40.4 Å². The molecule has 0 spiro atoms. The van der Waals surface area contributed by atoms with Crippen LogP contribution in [0, 0.1) is 0 Å². The van der Waals surface area contributed by atoms with Crippen LogP contribution < -0.4 is 10.6 Å². The van der Waals surface area contributed by atoms with Gasteiger partial charge in [-0.3, -0.25) is 4.79 Å². The zero-order valence-electron chi connectivity index (χ0n) is 15.9. The third kappa shape index (κ3) is 5.85. The molecule has 10 heteroatoms. The highest BCUT2D eigenvalue weighted by Crippen LogP contribution is 2.34. The summed E-state index contributed by atoms with van der Waals surface area (Å²) < 4.78 is 40.0. The molecule has 2 heterocycles. The molecule has 2 aliphatic rings. The molecular weight excluding hydrogens is 407 g/mol. The van der Waals surface area contributed by atoms with Crippen molar-refractivity contribution in [2.24, 2.45) is 0 Å². The highest BCUT2D eigenvalue weighted by atomic mass is 35.5. The fourth-order valence-corrected chi connectivity index (χ4v) is 3.47. The molecule has 0 radical (unpaired) electrons. The lowest BCUT2D eigenvalue weighted by atomic mass is 10.1. The first-order chi connectivity index (χ1) is 13.8. The van der Waals surface area contributed by atoms with Crippen LogP contribution in [0.2, 0.25) is 0 Å². The smallest absolute Gasteiger partial charge is 0.369 e. The monoisotopic (exact) mass is 429 g/mol. The van der Waals surface area contributed by atoms with Crippen molar-refractivity contribution in [2.75, 3.05) is 30.3 Å². The van der Waals surface area contributed by atoms with Crippen LogP contribution in [0.5, 0.6) is 0 Å². The molecule has 1 aromatic heterocycles. The second-order valence-electron chi connectivity index (χ2n) is 6.94. The number of nitrogens with zero attached hydrogens (tertiary/aromatic N) is 3. The molecule has 6 nitrogen and oxygen atoms in total. The van der Waals surface area contributed by atoms with Gasteiger partial charge in [0.15, 0.2) is 0 Å². The molecule has 1 aromatic rings. The van der Waals surface area contributed by atoms with E-state index in [2.05, 4.69) is 20.6 Å². The summed E-state index contributed by atoms with van der Waals surface area (Å²) in [6.07, 6.45) is 4.37. The summed E-state index contributed by atoms with van der Waals surface area (Å²) in [4.78, 5) is 21.4. The molecule has 1 amide bonds. The Hall–Kier alpha value is -2.29. The van der Waals surface area contributed by atoms with Gasteiger partial charge in [-0.15, -0.1) is 0 Å². The predicted molar refractivity (Wildman–Crippen MR) is 105 cm³/mol. The summed E-state index contributed by atoms with van der Waals surface area (Å²) in [5.74, 6) is -0.158. The average Bonchev–Trinajstić information content (AvgIpc) is 2.67. The van der Waals surface area contributed by atoms with E-state index in [1.165, 1.54) is 0 Å². The Labute approximate surface area is 172 Å². The quantitative estimate of drug-likeness (QED) is 0.623. The van der Waals surface area contributed by atoms with Gasteiger partial charge in [0.1, 0.15) is 11.4 Å². The van der Waals surface area contributed by atoms with Gasteiger partial charge in [0.2, 0.25) is 11.9 Å². The van der Waals surface area contributed by atoms with Crippen molar-refractivity contribution in [3.05, 3.63) is 34.6 Å². The third-order valence-corrected chi connectivity index (χ3v) is 5.11. The van der Waals surface area contributed by atoms with Crippen molar-refractivity contribution in [1.29, 1.82) is 0 Å². The van der Waals surface area contributed by atoms with E-state index >= 15 is 0 Å². The number of alkyl halides is 3. The van der Waals surface area contributed by atoms with Crippen LogP contribution in [0.4, 0.5) is 24.9 Å². The first kappa shape index (κ1) is 21.4. The van der Waals surface area contributed by atoms with Gasteiger partial charge in [0.05, 0.1) is 10.7 Å². The van der Waals surface area contributed by atoms with Crippen molar-refractivity contribution in [3.63, 3.8) is 0 Å². The average molecular weight is 430 g/mol. The number of amides is 1. The normalized spacial score (nSPS) is 17.7. The lowest BCUT2D eigenvalue weighted by Crippen LogP contribution is -2.36. The second kappa shape index (κ2) is 9.47. The van der Waals surface area contributed by atoms with Crippen LogP contribution in [-0.2, 0) is 11.0 Å². The molecule has 2 N–H and O–H groups in total. The van der Waals surface area contributed by atoms with Crippen LogP contribution >= 0.6 is 11.6 Å². The Morgan fingerprint density at radius 2 is 2.00 bits per heavy atom. The summed E-state index contributed by atoms with van der Waals surface area (Å²) in [7, 11) is 0. The molecule has 1 aliphatic heterocycles. The molecule has 1 saturated heterocycles. The van der Waals surface area contributed by atoms with Gasteiger partial charge in [-0.2, -0.15) is 18.2 Å². The van der Waals surface area contributed by atoms with Crippen LogP contribution in [0.1, 0.15) is 44.1 Å². The fraction of sp³-hybridized carbons (Fsp3) is 0.526. The summed E-state index contributed by atoms with van der Waals surface area (Å²) in [6, 6.07) is 0. The van der Waals surface area contributed by atoms with Gasteiger partial charge in [-0.25, -0.2) is 4.98 Å². The van der Waals surface area contributed by atoms with E-state index in [-0.39, 0.29) is 24.2 Å². The van der Waals surface area contributed by atoms with Crippen molar-refractivity contribution in [2.45, 2.75) is 44.7 Å². The maximum absolute atomic E-state index is 13.3. The van der Waals surface area contributed by atoms with Gasteiger partial charge < -0.3 is 15.5 Å². The summed E-state index contributed by atoms with van der Waals surface area (Å²) in [6.45, 7) is 1.47.